The highest BCUT2D eigenvalue weighted by molar-refractivity contribution is 5.85. The van der Waals surface area contributed by atoms with Gasteiger partial charge in [0.15, 0.2) is 5.82 Å². The van der Waals surface area contributed by atoms with Crippen LogP contribution in [0.15, 0.2) is 12.1 Å². The van der Waals surface area contributed by atoms with E-state index < -0.39 is 0 Å². The van der Waals surface area contributed by atoms with Crippen LogP contribution in [0.3, 0.4) is 0 Å². The van der Waals surface area contributed by atoms with Crippen molar-refractivity contribution in [3.05, 3.63) is 17.8 Å². The quantitative estimate of drug-likeness (QED) is 0.856. The van der Waals surface area contributed by atoms with Crippen LogP contribution in [0.4, 0.5) is 5.82 Å². The maximum Gasteiger partial charge on any atom is 0.151 e. The average molecular weight is 280 g/mol. The average Bonchev–Trinajstić information content (AvgIpc) is 2.30. The fraction of sp³-hybridized carbons (Fsp3) is 0.600. The Morgan fingerprint density at radius 1 is 1.12 bits per heavy atom. The third kappa shape index (κ3) is 4.27. The normalized spacial score (nSPS) is 16.0. The Morgan fingerprint density at radius 2 is 1.76 bits per heavy atom. The number of rotatable bonds is 2. The molecule has 0 aliphatic carbocycles. The second-order valence-corrected chi connectivity index (χ2v) is 3.88. The Hall–Kier alpha value is -0.620. The lowest BCUT2D eigenvalue weighted by Crippen LogP contribution is -2.44. The van der Waals surface area contributed by atoms with E-state index in [-0.39, 0.29) is 24.8 Å². The largest absolute Gasteiger partial charge is 0.353 e. The zero-order chi connectivity index (χ0) is 10.7. The molecule has 0 unspecified atom stereocenters. The SMILES string of the molecule is CN1CCN(c2ccc(CN)nn2)CC1.Cl.Cl. The molecule has 7 heteroatoms. The van der Waals surface area contributed by atoms with Crippen molar-refractivity contribution in [3.63, 3.8) is 0 Å². The van der Waals surface area contributed by atoms with Crippen molar-refractivity contribution in [2.45, 2.75) is 6.54 Å². The van der Waals surface area contributed by atoms with Crippen molar-refractivity contribution in [2.75, 3.05) is 38.1 Å². The van der Waals surface area contributed by atoms with Gasteiger partial charge in [0.2, 0.25) is 0 Å². The van der Waals surface area contributed by atoms with E-state index in [4.69, 9.17) is 5.73 Å². The third-order valence-corrected chi connectivity index (χ3v) is 2.74. The summed E-state index contributed by atoms with van der Waals surface area (Å²) in [6.45, 7) is 4.66. The summed E-state index contributed by atoms with van der Waals surface area (Å²) in [6, 6.07) is 3.95. The van der Waals surface area contributed by atoms with Crippen molar-refractivity contribution in [1.29, 1.82) is 0 Å². The topological polar surface area (TPSA) is 58.3 Å². The first-order chi connectivity index (χ1) is 7.29. The van der Waals surface area contributed by atoms with E-state index >= 15 is 0 Å². The summed E-state index contributed by atoms with van der Waals surface area (Å²) in [5.74, 6) is 0.959. The zero-order valence-electron chi connectivity index (χ0n) is 9.87. The molecule has 0 amide bonds. The van der Waals surface area contributed by atoms with Gasteiger partial charge in [0, 0.05) is 32.7 Å². The summed E-state index contributed by atoms with van der Waals surface area (Å²) >= 11 is 0. The Morgan fingerprint density at radius 3 is 2.24 bits per heavy atom. The van der Waals surface area contributed by atoms with Gasteiger partial charge < -0.3 is 15.5 Å². The number of hydrogen-bond acceptors (Lipinski definition) is 5. The van der Waals surface area contributed by atoms with Crippen molar-refractivity contribution >= 4 is 30.6 Å². The van der Waals surface area contributed by atoms with Crippen LogP contribution in [-0.2, 0) is 6.54 Å². The maximum absolute atomic E-state index is 5.47. The summed E-state index contributed by atoms with van der Waals surface area (Å²) in [4.78, 5) is 4.57. The van der Waals surface area contributed by atoms with E-state index in [1.165, 1.54) is 0 Å². The predicted molar refractivity (Wildman–Crippen MR) is 74.1 cm³/mol. The molecule has 98 valence electrons. The number of anilines is 1. The van der Waals surface area contributed by atoms with Crippen LogP contribution >= 0.6 is 24.8 Å². The summed E-state index contributed by atoms with van der Waals surface area (Å²) in [7, 11) is 2.14. The van der Waals surface area contributed by atoms with Crippen LogP contribution < -0.4 is 10.6 Å². The lowest BCUT2D eigenvalue weighted by molar-refractivity contribution is 0.311. The van der Waals surface area contributed by atoms with E-state index in [0.717, 1.165) is 37.7 Å². The summed E-state index contributed by atoms with van der Waals surface area (Å²) in [5, 5.41) is 8.24. The Kier molecular flexibility index (Phi) is 7.38. The van der Waals surface area contributed by atoms with Gasteiger partial charge in [-0.3, -0.25) is 0 Å². The number of nitrogens with zero attached hydrogens (tertiary/aromatic N) is 4. The molecule has 2 rings (SSSR count). The molecule has 17 heavy (non-hydrogen) atoms. The molecule has 0 bridgehead atoms. The lowest BCUT2D eigenvalue weighted by Gasteiger charge is -2.32. The maximum atomic E-state index is 5.47. The molecule has 1 aliphatic heterocycles. The van der Waals surface area contributed by atoms with Crippen molar-refractivity contribution in [2.24, 2.45) is 5.73 Å². The molecule has 1 fully saturated rings. The highest BCUT2D eigenvalue weighted by atomic mass is 35.5. The minimum atomic E-state index is 0. The van der Waals surface area contributed by atoms with Gasteiger partial charge in [0.25, 0.3) is 0 Å². The molecular formula is C10H19Cl2N5. The summed E-state index contributed by atoms with van der Waals surface area (Å²) in [6.07, 6.45) is 0. The van der Waals surface area contributed by atoms with Gasteiger partial charge in [-0.15, -0.1) is 29.9 Å². The first-order valence-electron chi connectivity index (χ1n) is 5.26. The molecule has 1 aromatic rings. The standard InChI is InChI=1S/C10H17N5.2ClH/c1-14-4-6-15(7-5-14)10-3-2-9(8-11)12-13-10;;/h2-3H,4-8,11H2,1H3;2*1H. The van der Waals surface area contributed by atoms with Gasteiger partial charge in [-0.2, -0.15) is 5.10 Å². The van der Waals surface area contributed by atoms with Gasteiger partial charge in [-0.1, -0.05) is 0 Å². The highest BCUT2D eigenvalue weighted by Gasteiger charge is 2.15. The van der Waals surface area contributed by atoms with Crippen LogP contribution in [0.25, 0.3) is 0 Å². The van der Waals surface area contributed by atoms with E-state index in [1.807, 2.05) is 12.1 Å². The minimum absolute atomic E-state index is 0. The molecule has 5 nitrogen and oxygen atoms in total. The minimum Gasteiger partial charge on any atom is -0.353 e. The Bertz CT molecular complexity index is 311. The van der Waals surface area contributed by atoms with Crippen molar-refractivity contribution in [1.82, 2.24) is 15.1 Å². The number of nitrogens with two attached hydrogens (primary N) is 1. The van der Waals surface area contributed by atoms with E-state index in [2.05, 4.69) is 27.0 Å². The molecule has 0 spiro atoms. The van der Waals surface area contributed by atoms with Crippen molar-refractivity contribution < 1.29 is 0 Å². The van der Waals surface area contributed by atoms with Gasteiger partial charge in [0.05, 0.1) is 5.69 Å². The number of aromatic nitrogens is 2. The van der Waals surface area contributed by atoms with Crippen molar-refractivity contribution in [3.8, 4) is 0 Å². The zero-order valence-corrected chi connectivity index (χ0v) is 11.5. The molecule has 2 N–H and O–H groups in total. The van der Waals surface area contributed by atoms with Gasteiger partial charge in [-0.25, -0.2) is 0 Å². The monoisotopic (exact) mass is 279 g/mol. The van der Waals surface area contributed by atoms with Crippen LogP contribution in [0.1, 0.15) is 5.69 Å². The van der Waals surface area contributed by atoms with E-state index in [9.17, 15) is 0 Å². The predicted octanol–water partition coefficient (Wildman–Crippen LogP) is 0.531. The first kappa shape index (κ1) is 16.4. The molecule has 1 aliphatic rings. The van der Waals surface area contributed by atoms with Crippen LogP contribution in [0, 0.1) is 0 Å². The molecule has 0 saturated carbocycles. The number of hydrogen-bond donors (Lipinski definition) is 1. The molecule has 0 radical (unpaired) electrons. The third-order valence-electron chi connectivity index (χ3n) is 2.74. The fourth-order valence-electron chi connectivity index (χ4n) is 1.67. The van der Waals surface area contributed by atoms with E-state index in [1.54, 1.807) is 0 Å². The molecule has 0 atom stereocenters. The van der Waals surface area contributed by atoms with Crippen LogP contribution in [0.2, 0.25) is 0 Å². The summed E-state index contributed by atoms with van der Waals surface area (Å²) < 4.78 is 0. The highest BCUT2D eigenvalue weighted by Crippen LogP contribution is 2.11. The molecule has 1 aromatic heterocycles. The number of piperazine rings is 1. The number of likely N-dealkylation sites (N-methyl/N-ethyl adjacent to an activating group) is 1. The van der Waals surface area contributed by atoms with Gasteiger partial charge in [0.1, 0.15) is 0 Å². The second kappa shape index (κ2) is 7.66. The molecular weight excluding hydrogens is 261 g/mol. The van der Waals surface area contributed by atoms with Crippen LogP contribution in [-0.4, -0.2) is 48.3 Å². The summed E-state index contributed by atoms with van der Waals surface area (Å²) in [5.41, 5.74) is 6.31. The van der Waals surface area contributed by atoms with Gasteiger partial charge >= 0.3 is 0 Å². The Balaban J connectivity index is 0.00000128. The van der Waals surface area contributed by atoms with E-state index in [0.29, 0.717) is 6.54 Å². The van der Waals surface area contributed by atoms with Crippen LogP contribution in [0.5, 0.6) is 0 Å². The van der Waals surface area contributed by atoms with Gasteiger partial charge in [-0.05, 0) is 19.2 Å². The number of halogens is 2. The second-order valence-electron chi connectivity index (χ2n) is 3.88. The smallest absolute Gasteiger partial charge is 0.151 e. The molecule has 1 saturated heterocycles. The lowest BCUT2D eigenvalue weighted by atomic mass is 10.3. The molecule has 2 heterocycles. The fourth-order valence-corrected chi connectivity index (χ4v) is 1.67. The molecule has 0 aromatic carbocycles. The first-order valence-corrected chi connectivity index (χ1v) is 5.26. The Labute approximate surface area is 114 Å².